The molecule has 84 valence electrons. The Morgan fingerprint density at radius 1 is 1.69 bits per heavy atom. The van der Waals surface area contributed by atoms with Crippen molar-refractivity contribution in [2.45, 2.75) is 18.9 Å². The van der Waals surface area contributed by atoms with Crippen molar-refractivity contribution in [1.29, 1.82) is 0 Å². The summed E-state index contributed by atoms with van der Waals surface area (Å²) in [6, 6.07) is 0.298. The van der Waals surface area contributed by atoms with Crippen molar-refractivity contribution in [2.24, 2.45) is 5.16 Å². The molecule has 0 aliphatic heterocycles. The van der Waals surface area contributed by atoms with Gasteiger partial charge in [0, 0.05) is 5.22 Å². The van der Waals surface area contributed by atoms with E-state index in [-0.39, 0.29) is 5.57 Å². The Labute approximate surface area is 91.7 Å². The molecule has 0 bridgehead atoms. The molecule has 0 spiro atoms. The van der Waals surface area contributed by atoms with E-state index in [4.69, 9.17) is 5.21 Å². The standard InChI is InChI=1S/C11H12FN3O/c1-7-5-13-15(9-3-4-9)11(7)10(6-14-16)8(2)12/h5-6,9,16H,1-4H2/b11-10+,14-6+. The molecular formula is C11H12FN3O. The minimum absolute atomic E-state index is 0.122. The van der Waals surface area contributed by atoms with E-state index >= 15 is 0 Å². The van der Waals surface area contributed by atoms with Crippen LogP contribution in [-0.2, 0) is 0 Å². The minimum atomic E-state index is -0.662. The van der Waals surface area contributed by atoms with Crippen LogP contribution in [0.5, 0.6) is 0 Å². The first kappa shape index (κ1) is 10.6. The van der Waals surface area contributed by atoms with Crippen LogP contribution in [-0.4, -0.2) is 21.2 Å². The molecule has 0 aromatic carbocycles. The second-order valence-corrected chi connectivity index (χ2v) is 3.76. The lowest BCUT2D eigenvalue weighted by Crippen LogP contribution is -2.31. The zero-order valence-corrected chi connectivity index (χ0v) is 8.73. The predicted molar refractivity (Wildman–Crippen MR) is 59.2 cm³/mol. The molecule has 1 aliphatic rings. The number of nitrogens with zero attached hydrogens (tertiary/aromatic N) is 3. The monoisotopic (exact) mass is 221 g/mol. The van der Waals surface area contributed by atoms with E-state index < -0.39 is 5.83 Å². The SMILES string of the molecule is C=C(F)C(/C=N/O)=c1\c(=C)cnn1C1CC1. The van der Waals surface area contributed by atoms with E-state index in [2.05, 4.69) is 23.4 Å². The summed E-state index contributed by atoms with van der Waals surface area (Å²) in [5, 5.41) is 16.6. The van der Waals surface area contributed by atoms with Crippen molar-refractivity contribution in [3.05, 3.63) is 29.2 Å². The lowest BCUT2D eigenvalue weighted by molar-refractivity contribution is 0.322. The highest BCUT2D eigenvalue weighted by atomic mass is 19.1. The van der Waals surface area contributed by atoms with E-state index in [1.807, 2.05) is 0 Å². The summed E-state index contributed by atoms with van der Waals surface area (Å²) < 4.78 is 15.0. The normalized spacial score (nSPS) is 17.8. The molecule has 1 aromatic rings. The van der Waals surface area contributed by atoms with Gasteiger partial charge in [-0.15, -0.1) is 0 Å². The van der Waals surface area contributed by atoms with Crippen LogP contribution in [0.3, 0.4) is 0 Å². The van der Waals surface area contributed by atoms with Crippen LogP contribution < -0.4 is 10.6 Å². The molecule has 1 heterocycles. The van der Waals surface area contributed by atoms with Crippen molar-refractivity contribution < 1.29 is 9.60 Å². The third kappa shape index (κ3) is 1.76. The van der Waals surface area contributed by atoms with Gasteiger partial charge in [0.25, 0.3) is 0 Å². The molecule has 2 rings (SSSR count). The van der Waals surface area contributed by atoms with Crippen LogP contribution in [0.4, 0.5) is 4.39 Å². The van der Waals surface area contributed by atoms with Crippen LogP contribution in [0.1, 0.15) is 18.9 Å². The fourth-order valence-corrected chi connectivity index (χ4v) is 1.61. The van der Waals surface area contributed by atoms with Gasteiger partial charge in [-0.3, -0.25) is 4.68 Å². The highest BCUT2D eigenvalue weighted by Crippen LogP contribution is 2.32. The third-order valence-corrected chi connectivity index (χ3v) is 2.50. The van der Waals surface area contributed by atoms with Crippen molar-refractivity contribution >= 4 is 18.4 Å². The third-order valence-electron chi connectivity index (χ3n) is 2.50. The van der Waals surface area contributed by atoms with Crippen molar-refractivity contribution in [3.8, 4) is 0 Å². The molecule has 1 N–H and O–H groups in total. The van der Waals surface area contributed by atoms with E-state index in [0.717, 1.165) is 19.1 Å². The van der Waals surface area contributed by atoms with Gasteiger partial charge in [-0.2, -0.15) is 5.10 Å². The number of halogens is 1. The van der Waals surface area contributed by atoms with Gasteiger partial charge in [0.15, 0.2) is 0 Å². The number of rotatable bonds is 3. The summed E-state index contributed by atoms with van der Waals surface area (Å²) in [6.45, 7) is 7.00. The number of hydrogen-bond donors (Lipinski definition) is 1. The van der Waals surface area contributed by atoms with Gasteiger partial charge in [-0.1, -0.05) is 18.3 Å². The number of hydrogen-bond acceptors (Lipinski definition) is 3. The molecule has 0 atom stereocenters. The molecule has 1 aromatic heterocycles. The van der Waals surface area contributed by atoms with E-state index in [9.17, 15) is 4.39 Å². The molecule has 16 heavy (non-hydrogen) atoms. The molecule has 5 heteroatoms. The predicted octanol–water partition coefficient (Wildman–Crippen LogP) is 0.722. The molecular weight excluding hydrogens is 209 g/mol. The van der Waals surface area contributed by atoms with Gasteiger partial charge in [0.05, 0.1) is 29.4 Å². The Morgan fingerprint density at radius 2 is 2.38 bits per heavy atom. The van der Waals surface area contributed by atoms with Gasteiger partial charge in [0.2, 0.25) is 0 Å². The number of aromatic nitrogens is 2. The van der Waals surface area contributed by atoms with E-state index in [1.165, 1.54) is 0 Å². The van der Waals surface area contributed by atoms with Gasteiger partial charge >= 0.3 is 0 Å². The zero-order chi connectivity index (χ0) is 11.7. The topological polar surface area (TPSA) is 50.4 Å². The summed E-state index contributed by atoms with van der Waals surface area (Å²) >= 11 is 0. The summed E-state index contributed by atoms with van der Waals surface area (Å²) in [6.07, 6.45) is 4.64. The van der Waals surface area contributed by atoms with Crippen molar-refractivity contribution in [1.82, 2.24) is 9.78 Å². The molecule has 0 radical (unpaired) electrons. The first-order valence-corrected chi connectivity index (χ1v) is 4.94. The van der Waals surface area contributed by atoms with Gasteiger partial charge < -0.3 is 5.21 Å². The molecule has 4 nitrogen and oxygen atoms in total. The van der Waals surface area contributed by atoms with Crippen LogP contribution >= 0.6 is 0 Å². The molecule has 0 saturated heterocycles. The van der Waals surface area contributed by atoms with Crippen molar-refractivity contribution in [2.75, 3.05) is 0 Å². The largest absolute Gasteiger partial charge is 0.411 e. The lowest BCUT2D eigenvalue weighted by atomic mass is 10.2. The number of allylic oxidation sites excluding steroid dienone is 1. The summed E-state index contributed by atoms with van der Waals surface area (Å²) in [5.74, 6) is -0.662. The van der Waals surface area contributed by atoms with Crippen LogP contribution in [0, 0.1) is 0 Å². The Morgan fingerprint density at radius 3 is 2.88 bits per heavy atom. The minimum Gasteiger partial charge on any atom is -0.411 e. The average molecular weight is 221 g/mol. The first-order chi connectivity index (χ1) is 7.65. The highest BCUT2D eigenvalue weighted by molar-refractivity contribution is 6.07. The smallest absolute Gasteiger partial charge is 0.127 e. The highest BCUT2D eigenvalue weighted by Gasteiger charge is 2.25. The maximum Gasteiger partial charge on any atom is 0.127 e. The van der Waals surface area contributed by atoms with E-state index in [0.29, 0.717) is 16.6 Å². The lowest BCUT2D eigenvalue weighted by Gasteiger charge is -2.01. The summed E-state index contributed by atoms with van der Waals surface area (Å²) in [7, 11) is 0. The molecule has 0 amide bonds. The van der Waals surface area contributed by atoms with Crippen LogP contribution in [0.2, 0.25) is 0 Å². The Balaban J connectivity index is 2.75. The molecule has 1 aliphatic carbocycles. The molecule has 0 unspecified atom stereocenters. The van der Waals surface area contributed by atoms with Crippen molar-refractivity contribution in [3.63, 3.8) is 0 Å². The van der Waals surface area contributed by atoms with Gasteiger partial charge in [0.1, 0.15) is 5.83 Å². The van der Waals surface area contributed by atoms with Crippen LogP contribution in [0.25, 0.3) is 12.2 Å². The first-order valence-electron chi connectivity index (χ1n) is 4.94. The quantitative estimate of drug-likeness (QED) is 0.464. The number of oxime groups is 1. The fraction of sp³-hybridized carbons (Fsp3) is 0.273. The Kier molecular flexibility index (Phi) is 2.60. The maximum absolute atomic E-state index is 13.3. The zero-order valence-electron chi connectivity index (χ0n) is 8.73. The summed E-state index contributed by atoms with van der Waals surface area (Å²) in [5.41, 5.74) is 0.122. The average Bonchev–Trinajstić information content (AvgIpc) is 3.00. The molecule has 1 saturated carbocycles. The second-order valence-electron chi connectivity index (χ2n) is 3.76. The second kappa shape index (κ2) is 3.92. The van der Waals surface area contributed by atoms with Gasteiger partial charge in [-0.05, 0) is 12.8 Å². The van der Waals surface area contributed by atoms with Gasteiger partial charge in [-0.25, -0.2) is 4.39 Å². The Bertz CT molecular complexity index is 554. The fourth-order valence-electron chi connectivity index (χ4n) is 1.61. The molecule has 1 fully saturated rings. The van der Waals surface area contributed by atoms with E-state index in [1.54, 1.807) is 10.9 Å². The maximum atomic E-state index is 13.3. The van der Waals surface area contributed by atoms with Crippen LogP contribution in [0.15, 0.2) is 23.8 Å². The Hall–Kier alpha value is -1.91. The summed E-state index contributed by atoms with van der Waals surface area (Å²) in [4.78, 5) is 0.